The van der Waals surface area contributed by atoms with Gasteiger partial charge in [0.1, 0.15) is 12.2 Å². The van der Waals surface area contributed by atoms with Crippen LogP contribution < -0.4 is 4.90 Å². The molecule has 8 heteroatoms. The van der Waals surface area contributed by atoms with Crippen molar-refractivity contribution in [1.29, 1.82) is 0 Å². The average molecular weight is 455 g/mol. The molecule has 0 aliphatic rings. The number of amides is 1. The average Bonchev–Trinajstić information content (AvgIpc) is 3.35. The lowest BCUT2D eigenvalue weighted by Crippen LogP contribution is -2.24. The number of para-hydroxylation sites is 1. The number of halogens is 1. The van der Waals surface area contributed by atoms with Crippen LogP contribution in [0.3, 0.4) is 0 Å². The van der Waals surface area contributed by atoms with Crippen molar-refractivity contribution in [2.75, 3.05) is 4.90 Å². The molecule has 0 aliphatic heterocycles. The van der Waals surface area contributed by atoms with Crippen molar-refractivity contribution in [2.45, 2.75) is 27.4 Å². The van der Waals surface area contributed by atoms with Gasteiger partial charge in [-0.25, -0.2) is 9.78 Å². The molecule has 0 aliphatic carbocycles. The van der Waals surface area contributed by atoms with Crippen LogP contribution in [0.15, 0.2) is 52.3 Å². The number of fused-ring (bicyclic) bond motifs is 1. The van der Waals surface area contributed by atoms with Crippen LogP contribution in [0.1, 0.15) is 34.3 Å². The molecule has 0 saturated carbocycles. The molecule has 0 bridgehead atoms. The highest BCUT2D eigenvalue weighted by Crippen LogP contribution is 2.37. The van der Waals surface area contributed by atoms with Crippen LogP contribution in [0.5, 0.6) is 0 Å². The van der Waals surface area contributed by atoms with Gasteiger partial charge in [0, 0.05) is 17.7 Å². The monoisotopic (exact) mass is 454 g/mol. The number of aromatic nitrogens is 1. The first-order valence-corrected chi connectivity index (χ1v) is 10.8. The quantitative estimate of drug-likeness (QED) is 0.335. The van der Waals surface area contributed by atoms with Crippen LogP contribution in [0, 0.1) is 13.8 Å². The third kappa shape index (κ3) is 4.33. The molecule has 2 heterocycles. The number of aryl methyl sites for hydroxylation is 2. The Morgan fingerprint density at radius 3 is 2.68 bits per heavy atom. The smallest absolute Gasteiger partial charge is 0.374 e. The number of esters is 1. The third-order valence-electron chi connectivity index (χ3n) is 4.65. The van der Waals surface area contributed by atoms with Gasteiger partial charge in [0.25, 0.3) is 0 Å². The second-order valence-electron chi connectivity index (χ2n) is 7.11. The topological polar surface area (TPSA) is 72.6 Å². The lowest BCUT2D eigenvalue weighted by Gasteiger charge is -2.22. The van der Waals surface area contributed by atoms with Crippen molar-refractivity contribution < 1.29 is 18.7 Å². The normalized spacial score (nSPS) is 11.0. The fraction of sp³-hybridized carbons (Fsp3) is 0.174. The Morgan fingerprint density at radius 2 is 1.97 bits per heavy atom. The number of carbonyl (C=O) groups excluding carboxylic acids is 2. The first-order chi connectivity index (χ1) is 14.8. The number of carbonyl (C=O) groups is 2. The molecular formula is C23H19ClN2O4S. The van der Waals surface area contributed by atoms with Crippen molar-refractivity contribution in [2.24, 2.45) is 0 Å². The Hall–Kier alpha value is -3.16. The fourth-order valence-electron chi connectivity index (χ4n) is 3.34. The van der Waals surface area contributed by atoms with E-state index in [4.69, 9.17) is 20.8 Å². The maximum Gasteiger partial charge on any atom is 0.374 e. The Labute approximate surface area is 188 Å². The van der Waals surface area contributed by atoms with Crippen molar-refractivity contribution in [3.05, 3.63) is 75.4 Å². The summed E-state index contributed by atoms with van der Waals surface area (Å²) in [4.78, 5) is 30.7. The van der Waals surface area contributed by atoms with Crippen LogP contribution in [0.2, 0.25) is 5.02 Å². The zero-order chi connectivity index (χ0) is 22.1. The zero-order valence-electron chi connectivity index (χ0n) is 17.1. The minimum Gasteiger partial charge on any atom is -0.453 e. The molecule has 0 N–H and O–H groups in total. The van der Waals surface area contributed by atoms with Gasteiger partial charge in [-0.15, -0.1) is 11.3 Å². The number of rotatable bonds is 5. The van der Waals surface area contributed by atoms with E-state index in [0.29, 0.717) is 27.1 Å². The van der Waals surface area contributed by atoms with Crippen LogP contribution in [0.25, 0.3) is 11.0 Å². The molecule has 0 atom stereocenters. The van der Waals surface area contributed by atoms with Gasteiger partial charge in [0.2, 0.25) is 11.7 Å². The predicted molar refractivity (Wildman–Crippen MR) is 121 cm³/mol. The second kappa shape index (κ2) is 8.53. The van der Waals surface area contributed by atoms with Gasteiger partial charge in [-0.3, -0.25) is 9.69 Å². The Morgan fingerprint density at radius 1 is 1.19 bits per heavy atom. The Balaban J connectivity index is 1.52. The first-order valence-electron chi connectivity index (χ1n) is 9.51. The highest BCUT2D eigenvalue weighted by molar-refractivity contribution is 7.14. The van der Waals surface area contributed by atoms with Crippen molar-refractivity contribution in [1.82, 2.24) is 4.98 Å². The van der Waals surface area contributed by atoms with Gasteiger partial charge in [-0.05, 0) is 43.2 Å². The molecule has 4 rings (SSSR count). The van der Waals surface area contributed by atoms with Gasteiger partial charge >= 0.3 is 5.97 Å². The second-order valence-corrected chi connectivity index (χ2v) is 8.36. The molecule has 2 aromatic carbocycles. The van der Waals surface area contributed by atoms with Gasteiger partial charge in [-0.2, -0.15) is 0 Å². The highest BCUT2D eigenvalue weighted by Gasteiger charge is 2.23. The van der Waals surface area contributed by atoms with Crippen molar-refractivity contribution in [3.63, 3.8) is 0 Å². The molecule has 0 radical (unpaired) electrons. The van der Waals surface area contributed by atoms with E-state index >= 15 is 0 Å². The van der Waals surface area contributed by atoms with Gasteiger partial charge in [0.05, 0.1) is 16.4 Å². The number of hydrogen-bond donors (Lipinski definition) is 0. The van der Waals surface area contributed by atoms with Crippen molar-refractivity contribution in [3.8, 4) is 0 Å². The number of furan rings is 1. The van der Waals surface area contributed by atoms with Crippen LogP contribution >= 0.6 is 22.9 Å². The van der Waals surface area contributed by atoms with Gasteiger partial charge in [-0.1, -0.05) is 35.9 Å². The number of ether oxygens (including phenoxy) is 1. The molecule has 0 fully saturated rings. The minimum atomic E-state index is -0.577. The summed E-state index contributed by atoms with van der Waals surface area (Å²) in [5.74, 6) is -0.662. The molecule has 158 valence electrons. The summed E-state index contributed by atoms with van der Waals surface area (Å²) in [5, 5.41) is 3.50. The number of hydrogen-bond acceptors (Lipinski definition) is 6. The minimum absolute atomic E-state index is 0.0429. The van der Waals surface area contributed by atoms with Gasteiger partial charge < -0.3 is 9.15 Å². The van der Waals surface area contributed by atoms with Crippen molar-refractivity contribution >= 4 is 56.6 Å². The molecule has 4 aromatic rings. The molecular weight excluding hydrogens is 436 g/mol. The van der Waals surface area contributed by atoms with E-state index in [-0.39, 0.29) is 18.3 Å². The van der Waals surface area contributed by atoms with Crippen LogP contribution in [0.4, 0.5) is 10.8 Å². The van der Waals surface area contributed by atoms with Crippen LogP contribution in [-0.2, 0) is 16.1 Å². The van der Waals surface area contributed by atoms with E-state index in [2.05, 4.69) is 4.98 Å². The molecule has 6 nitrogen and oxygen atoms in total. The number of anilines is 2. The first kappa shape index (κ1) is 21.1. The van der Waals surface area contributed by atoms with E-state index in [1.165, 1.54) is 23.2 Å². The summed E-state index contributed by atoms with van der Waals surface area (Å²) in [5.41, 5.74) is 3.62. The van der Waals surface area contributed by atoms with E-state index in [9.17, 15) is 9.59 Å². The summed E-state index contributed by atoms with van der Waals surface area (Å²) >= 11 is 7.71. The summed E-state index contributed by atoms with van der Waals surface area (Å²) < 4.78 is 10.9. The molecule has 31 heavy (non-hydrogen) atoms. The molecule has 0 unspecified atom stereocenters. The van der Waals surface area contributed by atoms with E-state index < -0.39 is 5.97 Å². The summed E-state index contributed by atoms with van der Waals surface area (Å²) in [6.07, 6.45) is 0. The van der Waals surface area contributed by atoms with E-state index in [1.54, 1.807) is 17.5 Å². The molecule has 0 spiro atoms. The largest absolute Gasteiger partial charge is 0.453 e. The fourth-order valence-corrected chi connectivity index (χ4v) is 4.60. The SMILES string of the molecule is CC(=O)N(c1nc(COC(=O)c2cc3ccccc3o2)cs1)c1c(C)cc(C)cc1Cl. The lowest BCUT2D eigenvalue weighted by molar-refractivity contribution is -0.115. The Kier molecular flexibility index (Phi) is 5.80. The summed E-state index contributed by atoms with van der Waals surface area (Å²) in [6, 6.07) is 12.8. The standard InChI is InChI=1S/C23H19ClN2O4S/c1-13-8-14(2)21(18(24)9-13)26(15(3)27)23-25-17(12-31-23)11-29-22(28)20-10-16-6-4-5-7-19(16)30-20/h4-10,12H,11H2,1-3H3. The zero-order valence-corrected chi connectivity index (χ0v) is 18.7. The number of benzene rings is 2. The Bertz CT molecular complexity index is 1240. The van der Waals surface area contributed by atoms with E-state index in [1.807, 2.05) is 44.2 Å². The summed E-state index contributed by atoms with van der Waals surface area (Å²) in [7, 11) is 0. The summed E-state index contributed by atoms with van der Waals surface area (Å²) in [6.45, 7) is 5.25. The van der Waals surface area contributed by atoms with Gasteiger partial charge in [0.15, 0.2) is 5.13 Å². The maximum absolute atomic E-state index is 12.4. The molecule has 2 aromatic heterocycles. The highest BCUT2D eigenvalue weighted by atomic mass is 35.5. The van der Waals surface area contributed by atoms with Crippen LogP contribution in [-0.4, -0.2) is 16.9 Å². The number of nitrogens with zero attached hydrogens (tertiary/aromatic N) is 2. The van der Waals surface area contributed by atoms with E-state index in [0.717, 1.165) is 16.5 Å². The molecule has 1 amide bonds. The maximum atomic E-state index is 12.4. The lowest BCUT2D eigenvalue weighted by atomic mass is 10.1. The third-order valence-corrected chi connectivity index (χ3v) is 5.81. The predicted octanol–water partition coefficient (Wildman–Crippen LogP) is 6.20. The molecule has 0 saturated heterocycles. The number of thiazole rings is 1.